The van der Waals surface area contributed by atoms with E-state index in [-0.39, 0.29) is 0 Å². The maximum absolute atomic E-state index is 14.7. The van der Waals surface area contributed by atoms with Crippen molar-refractivity contribution in [2.75, 3.05) is 0 Å². The summed E-state index contributed by atoms with van der Waals surface area (Å²) in [4.78, 5) is 0.766. The van der Waals surface area contributed by atoms with E-state index in [1.807, 2.05) is 67.5 Å². The lowest BCUT2D eigenvalue weighted by atomic mass is 9.87. The molecule has 0 amide bonds. The average molecular weight is 380 g/mol. The van der Waals surface area contributed by atoms with Crippen molar-refractivity contribution in [2.45, 2.75) is 77.8 Å². The zero-order chi connectivity index (χ0) is 19.5. The first kappa shape index (κ1) is 20.1. The van der Waals surface area contributed by atoms with Crippen LogP contribution in [0.2, 0.25) is 0 Å². The third-order valence-electron chi connectivity index (χ3n) is 5.89. The highest BCUT2D eigenvalue weighted by Gasteiger charge is 2.53. The van der Waals surface area contributed by atoms with Crippen LogP contribution in [0.1, 0.15) is 60.3 Å². The van der Waals surface area contributed by atoms with Gasteiger partial charge in [-0.25, -0.2) is 4.39 Å². The lowest BCUT2D eigenvalue weighted by Crippen LogP contribution is -2.41. The number of rotatable bonds is 3. The van der Waals surface area contributed by atoms with E-state index in [4.69, 9.17) is 18.6 Å². The third-order valence-corrected chi connectivity index (χ3v) is 6.95. The molecule has 0 saturated carbocycles. The van der Waals surface area contributed by atoms with Gasteiger partial charge in [0.25, 0.3) is 0 Å². The molecule has 2 aliphatic rings. The average Bonchev–Trinajstić information content (AvgIpc) is 3.06. The minimum atomic E-state index is -0.984. The van der Waals surface area contributed by atoms with Crippen molar-refractivity contribution in [3.8, 4) is 0 Å². The largest absolute Gasteiger partial charge is 0.525 e. The second kappa shape index (κ2) is 6.17. The molecule has 0 unspecified atom stereocenters. The summed E-state index contributed by atoms with van der Waals surface area (Å²) in [6.07, 6.45) is 1.46. The monoisotopic (exact) mass is 380 g/mol. The number of thiophene rings is 1. The topological polar surface area (TPSA) is 36.9 Å². The van der Waals surface area contributed by atoms with E-state index in [1.54, 1.807) is 0 Å². The molecule has 0 aromatic carbocycles. The van der Waals surface area contributed by atoms with Crippen LogP contribution in [0, 0.1) is 0 Å². The third kappa shape index (κ3) is 3.42. The summed E-state index contributed by atoms with van der Waals surface area (Å²) in [5.41, 5.74) is -2.36. The van der Waals surface area contributed by atoms with Crippen molar-refractivity contribution in [1.82, 2.24) is 0 Å². The fourth-order valence-corrected chi connectivity index (χ4v) is 3.60. The molecular formula is C18H27B2FO4S. The van der Waals surface area contributed by atoms with Crippen LogP contribution in [0.25, 0.3) is 6.08 Å². The molecule has 3 heterocycles. The van der Waals surface area contributed by atoms with Crippen LogP contribution in [0.5, 0.6) is 0 Å². The molecule has 2 saturated heterocycles. The van der Waals surface area contributed by atoms with Crippen LogP contribution in [0.15, 0.2) is 17.9 Å². The van der Waals surface area contributed by atoms with Gasteiger partial charge in [0.2, 0.25) is 0 Å². The van der Waals surface area contributed by atoms with Crippen LogP contribution in [-0.2, 0) is 18.6 Å². The van der Waals surface area contributed by atoms with Crippen LogP contribution in [0.4, 0.5) is 4.39 Å². The van der Waals surface area contributed by atoms with Crippen LogP contribution >= 0.6 is 11.3 Å². The SMILES string of the molecule is CC1(C)OB(C(F)=Cc2ccc(B3OC(C)(C)C(C)(C)O3)s2)OC1(C)C. The molecule has 26 heavy (non-hydrogen) atoms. The first-order valence-electron chi connectivity index (χ1n) is 8.92. The Labute approximate surface area is 160 Å². The van der Waals surface area contributed by atoms with Gasteiger partial charge in [0.15, 0.2) is 0 Å². The number of hydrogen-bond donors (Lipinski definition) is 0. The van der Waals surface area contributed by atoms with Crippen molar-refractivity contribution in [3.05, 3.63) is 22.7 Å². The van der Waals surface area contributed by atoms with Gasteiger partial charge in [-0.3, -0.25) is 0 Å². The molecule has 0 N–H and O–H groups in total. The van der Waals surface area contributed by atoms with Gasteiger partial charge in [0.05, 0.1) is 22.4 Å². The molecule has 0 aliphatic carbocycles. The molecule has 0 bridgehead atoms. The zero-order valence-corrected chi connectivity index (χ0v) is 17.6. The molecule has 142 valence electrons. The summed E-state index contributed by atoms with van der Waals surface area (Å²) in [6, 6.07) is 3.77. The predicted octanol–water partition coefficient (Wildman–Crippen LogP) is 3.99. The van der Waals surface area contributed by atoms with Crippen molar-refractivity contribution < 1.29 is 23.0 Å². The Morgan fingerprint density at radius 2 is 1.31 bits per heavy atom. The van der Waals surface area contributed by atoms with E-state index < -0.39 is 42.4 Å². The number of halogens is 1. The molecule has 2 fully saturated rings. The summed E-state index contributed by atoms with van der Waals surface area (Å²) >= 11 is 1.44. The van der Waals surface area contributed by atoms with Crippen molar-refractivity contribution in [1.29, 1.82) is 0 Å². The normalized spacial score (nSPS) is 26.6. The second-order valence-electron chi connectivity index (χ2n) is 8.95. The van der Waals surface area contributed by atoms with Crippen molar-refractivity contribution >= 4 is 36.4 Å². The first-order valence-corrected chi connectivity index (χ1v) is 9.74. The molecular weight excluding hydrogens is 353 g/mol. The van der Waals surface area contributed by atoms with E-state index >= 15 is 0 Å². The maximum Gasteiger partial charge on any atom is 0.525 e. The maximum atomic E-state index is 14.7. The van der Waals surface area contributed by atoms with E-state index in [2.05, 4.69) is 0 Å². The summed E-state index contributed by atoms with van der Waals surface area (Å²) in [5.74, 6) is 0. The molecule has 4 nitrogen and oxygen atoms in total. The van der Waals surface area contributed by atoms with Gasteiger partial charge >= 0.3 is 14.2 Å². The molecule has 2 aliphatic heterocycles. The first-order chi connectivity index (χ1) is 11.7. The van der Waals surface area contributed by atoms with Crippen LogP contribution in [-0.4, -0.2) is 36.6 Å². The second-order valence-corrected chi connectivity index (χ2v) is 10.1. The Morgan fingerprint density at radius 1 is 0.846 bits per heavy atom. The quantitative estimate of drug-likeness (QED) is 0.744. The minimum absolute atomic E-state index is 0.397. The molecule has 0 atom stereocenters. The smallest absolute Gasteiger partial charge is 0.399 e. The highest BCUT2D eigenvalue weighted by Crippen LogP contribution is 2.39. The lowest BCUT2D eigenvalue weighted by molar-refractivity contribution is 0.00578. The van der Waals surface area contributed by atoms with Crippen molar-refractivity contribution in [3.63, 3.8) is 0 Å². The zero-order valence-electron chi connectivity index (χ0n) is 16.8. The minimum Gasteiger partial charge on any atom is -0.399 e. The number of hydrogen-bond acceptors (Lipinski definition) is 5. The van der Waals surface area contributed by atoms with Gasteiger partial charge in [-0.1, -0.05) is 6.07 Å². The molecule has 1 aromatic heterocycles. The molecule has 3 rings (SSSR count). The van der Waals surface area contributed by atoms with Crippen LogP contribution in [0.3, 0.4) is 0 Å². The Balaban J connectivity index is 1.74. The Kier molecular flexibility index (Phi) is 4.77. The van der Waals surface area contributed by atoms with Gasteiger partial charge in [-0.15, -0.1) is 11.3 Å². The van der Waals surface area contributed by atoms with Crippen LogP contribution < -0.4 is 4.78 Å². The Bertz CT molecular complexity index is 695. The summed E-state index contributed by atoms with van der Waals surface area (Å²) in [7, 11) is -1.42. The molecule has 0 spiro atoms. The fraction of sp³-hybridized carbons (Fsp3) is 0.667. The van der Waals surface area contributed by atoms with Crippen molar-refractivity contribution in [2.24, 2.45) is 0 Å². The van der Waals surface area contributed by atoms with Gasteiger partial charge in [-0.2, -0.15) is 0 Å². The highest BCUT2D eigenvalue weighted by molar-refractivity contribution is 7.23. The van der Waals surface area contributed by atoms with E-state index in [0.29, 0.717) is 0 Å². The fourth-order valence-electron chi connectivity index (χ4n) is 2.69. The summed E-state index contributed by atoms with van der Waals surface area (Å²) in [5, 5.41) is 0. The van der Waals surface area contributed by atoms with E-state index in [9.17, 15) is 4.39 Å². The molecule has 1 aromatic rings. The van der Waals surface area contributed by atoms with E-state index in [0.717, 1.165) is 9.65 Å². The van der Waals surface area contributed by atoms with Gasteiger partial charge in [-0.05, 0) is 67.5 Å². The Hall–Kier alpha value is -0.660. The predicted molar refractivity (Wildman–Crippen MR) is 105 cm³/mol. The van der Waals surface area contributed by atoms with Gasteiger partial charge in [0, 0.05) is 9.65 Å². The van der Waals surface area contributed by atoms with E-state index in [1.165, 1.54) is 17.4 Å². The lowest BCUT2D eigenvalue weighted by Gasteiger charge is -2.32. The molecule has 8 heteroatoms. The summed E-state index contributed by atoms with van der Waals surface area (Å²) < 4.78 is 39.2. The standard InChI is InChI=1S/C18H27B2FO4S/c1-15(2)16(3,4)23-19(22-15)13(21)11-12-9-10-14(26-12)20-24-17(5,6)18(7,8)25-20/h9-11H,1-8H3. The van der Waals surface area contributed by atoms with Gasteiger partial charge < -0.3 is 18.6 Å². The summed E-state index contributed by atoms with van der Waals surface area (Å²) in [6.45, 7) is 15.7. The molecule has 0 radical (unpaired) electrons. The van der Waals surface area contributed by atoms with Gasteiger partial charge in [0.1, 0.15) is 5.73 Å². The highest BCUT2D eigenvalue weighted by atomic mass is 32.1. The Morgan fingerprint density at radius 3 is 1.81 bits per heavy atom.